The van der Waals surface area contributed by atoms with Crippen LogP contribution < -0.4 is 0 Å². The molecule has 2 rings (SSSR count). The zero-order chi connectivity index (χ0) is 16.7. The van der Waals surface area contributed by atoms with E-state index < -0.39 is 23.4 Å². The average Bonchev–Trinajstić information content (AvgIpc) is 2.79. The SMILES string of the molecule is Cn1cc(C(F)(F)F)nc1[C@H]1CCCN(C(=O)C(C)(C)O)C1. The van der Waals surface area contributed by atoms with Crippen molar-refractivity contribution < 1.29 is 23.1 Å². The van der Waals surface area contributed by atoms with E-state index in [1.807, 2.05) is 0 Å². The number of aryl methyl sites for hydroxylation is 1. The fourth-order valence-corrected chi connectivity index (χ4v) is 2.76. The van der Waals surface area contributed by atoms with Crippen LogP contribution in [0.5, 0.6) is 0 Å². The van der Waals surface area contributed by atoms with E-state index in [4.69, 9.17) is 0 Å². The van der Waals surface area contributed by atoms with Crippen molar-refractivity contribution in [3.05, 3.63) is 17.7 Å². The highest BCUT2D eigenvalue weighted by Gasteiger charge is 2.37. The largest absolute Gasteiger partial charge is 0.434 e. The Morgan fingerprint density at radius 3 is 2.55 bits per heavy atom. The molecule has 0 unspecified atom stereocenters. The molecular weight excluding hydrogens is 299 g/mol. The smallest absolute Gasteiger partial charge is 0.381 e. The second kappa shape index (κ2) is 5.57. The predicted molar refractivity (Wildman–Crippen MR) is 73.1 cm³/mol. The summed E-state index contributed by atoms with van der Waals surface area (Å²) < 4.78 is 39.6. The standard InChI is InChI=1S/C14H20F3N3O2/c1-13(2,22)12(21)20-6-4-5-9(7-20)11-18-10(8-19(11)3)14(15,16)17/h8-9,22H,4-7H2,1-3H3/t9-/m0/s1. The second-order valence-electron chi connectivity index (χ2n) is 6.24. The van der Waals surface area contributed by atoms with E-state index in [0.717, 1.165) is 6.20 Å². The lowest BCUT2D eigenvalue weighted by atomic mass is 9.95. The fourth-order valence-electron chi connectivity index (χ4n) is 2.76. The first-order valence-corrected chi connectivity index (χ1v) is 7.12. The van der Waals surface area contributed by atoms with Gasteiger partial charge in [-0.15, -0.1) is 0 Å². The maximum Gasteiger partial charge on any atom is 0.434 e. The molecule has 124 valence electrons. The highest BCUT2D eigenvalue weighted by molar-refractivity contribution is 5.84. The van der Waals surface area contributed by atoms with E-state index >= 15 is 0 Å². The van der Waals surface area contributed by atoms with E-state index in [1.54, 1.807) is 0 Å². The lowest BCUT2D eigenvalue weighted by molar-refractivity contribution is -0.149. The summed E-state index contributed by atoms with van der Waals surface area (Å²) in [6, 6.07) is 0. The molecule has 0 saturated carbocycles. The fraction of sp³-hybridized carbons (Fsp3) is 0.714. The van der Waals surface area contributed by atoms with Gasteiger partial charge in [0.15, 0.2) is 5.69 Å². The van der Waals surface area contributed by atoms with Gasteiger partial charge in [0.1, 0.15) is 11.4 Å². The molecule has 2 heterocycles. The molecule has 0 bridgehead atoms. The van der Waals surface area contributed by atoms with Gasteiger partial charge in [-0.05, 0) is 26.7 Å². The van der Waals surface area contributed by atoms with Crippen LogP contribution in [0.15, 0.2) is 6.20 Å². The first-order valence-electron chi connectivity index (χ1n) is 7.12. The Labute approximate surface area is 126 Å². The van der Waals surface area contributed by atoms with Crippen molar-refractivity contribution in [2.75, 3.05) is 13.1 Å². The molecule has 1 atom stereocenters. The van der Waals surface area contributed by atoms with Gasteiger partial charge in [-0.3, -0.25) is 4.79 Å². The number of carbonyl (C=O) groups excluding carboxylic acids is 1. The molecule has 1 aliphatic rings. The number of aromatic nitrogens is 2. The van der Waals surface area contributed by atoms with Crippen LogP contribution in [0.4, 0.5) is 13.2 Å². The average molecular weight is 319 g/mol. The van der Waals surface area contributed by atoms with Gasteiger partial charge in [-0.1, -0.05) is 0 Å². The minimum Gasteiger partial charge on any atom is -0.381 e. The van der Waals surface area contributed by atoms with Gasteiger partial charge in [0, 0.05) is 32.3 Å². The minimum atomic E-state index is -4.48. The number of hydrogen-bond donors (Lipinski definition) is 1. The molecule has 0 aliphatic carbocycles. The van der Waals surface area contributed by atoms with Gasteiger partial charge in [0.2, 0.25) is 0 Å². The summed E-state index contributed by atoms with van der Waals surface area (Å²) in [5.41, 5.74) is -2.41. The van der Waals surface area contributed by atoms with Crippen molar-refractivity contribution in [2.24, 2.45) is 7.05 Å². The number of alkyl halides is 3. The van der Waals surface area contributed by atoms with Crippen molar-refractivity contribution >= 4 is 5.91 Å². The summed E-state index contributed by atoms with van der Waals surface area (Å²) in [6.07, 6.45) is -2.18. The highest BCUT2D eigenvalue weighted by atomic mass is 19.4. The van der Waals surface area contributed by atoms with Gasteiger partial charge < -0.3 is 14.6 Å². The normalized spacial score (nSPS) is 20.3. The van der Waals surface area contributed by atoms with Crippen LogP contribution in [0, 0.1) is 0 Å². The van der Waals surface area contributed by atoms with Crippen LogP contribution in [0.25, 0.3) is 0 Å². The lowest BCUT2D eigenvalue weighted by Gasteiger charge is -2.35. The highest BCUT2D eigenvalue weighted by Crippen LogP contribution is 2.32. The molecule has 1 aliphatic heterocycles. The van der Waals surface area contributed by atoms with Crippen molar-refractivity contribution in [3.8, 4) is 0 Å². The maximum atomic E-state index is 12.7. The summed E-state index contributed by atoms with van der Waals surface area (Å²) in [5, 5.41) is 9.80. The van der Waals surface area contributed by atoms with Crippen molar-refractivity contribution in [1.82, 2.24) is 14.5 Å². The molecule has 1 aromatic rings. The third-order valence-corrected chi connectivity index (χ3v) is 3.80. The maximum absolute atomic E-state index is 12.7. The quantitative estimate of drug-likeness (QED) is 0.906. The van der Waals surface area contributed by atoms with Crippen LogP contribution in [0.2, 0.25) is 0 Å². The van der Waals surface area contributed by atoms with E-state index in [1.165, 1.54) is 30.4 Å². The summed E-state index contributed by atoms with van der Waals surface area (Å²) in [4.78, 5) is 17.3. The van der Waals surface area contributed by atoms with Crippen LogP contribution in [0.3, 0.4) is 0 Å². The van der Waals surface area contributed by atoms with Gasteiger partial charge in [-0.25, -0.2) is 4.98 Å². The summed E-state index contributed by atoms with van der Waals surface area (Å²) in [5.74, 6) is -0.357. The first-order chi connectivity index (χ1) is 10.00. The van der Waals surface area contributed by atoms with Crippen LogP contribution >= 0.6 is 0 Å². The lowest BCUT2D eigenvalue weighted by Crippen LogP contribution is -2.49. The van der Waals surface area contributed by atoms with Crippen molar-refractivity contribution in [2.45, 2.75) is 44.4 Å². The van der Waals surface area contributed by atoms with Crippen LogP contribution in [-0.4, -0.2) is 44.2 Å². The number of halogens is 3. The molecule has 1 amide bonds. The predicted octanol–water partition coefficient (Wildman–Crippen LogP) is 1.92. The molecule has 1 N–H and O–H groups in total. The molecule has 8 heteroatoms. The number of rotatable bonds is 2. The molecule has 1 saturated heterocycles. The number of carbonyl (C=O) groups is 1. The van der Waals surface area contributed by atoms with E-state index in [9.17, 15) is 23.1 Å². The minimum absolute atomic E-state index is 0.263. The van der Waals surface area contributed by atoms with Crippen molar-refractivity contribution in [1.29, 1.82) is 0 Å². The Hall–Kier alpha value is -1.57. The first kappa shape index (κ1) is 16.8. The second-order valence-corrected chi connectivity index (χ2v) is 6.24. The number of nitrogens with zero attached hydrogens (tertiary/aromatic N) is 3. The summed E-state index contributed by atoms with van der Waals surface area (Å²) >= 11 is 0. The molecular formula is C14H20F3N3O2. The van der Waals surface area contributed by atoms with E-state index in [0.29, 0.717) is 25.2 Å². The molecule has 0 radical (unpaired) electrons. The monoisotopic (exact) mass is 319 g/mol. The van der Waals surface area contributed by atoms with Gasteiger partial charge in [-0.2, -0.15) is 13.2 Å². The topological polar surface area (TPSA) is 58.4 Å². The van der Waals surface area contributed by atoms with Crippen LogP contribution in [0.1, 0.15) is 44.1 Å². The zero-order valence-electron chi connectivity index (χ0n) is 12.8. The number of imidazole rings is 1. The summed E-state index contributed by atoms with van der Waals surface area (Å²) in [7, 11) is 1.52. The Morgan fingerprint density at radius 2 is 2.05 bits per heavy atom. The van der Waals surface area contributed by atoms with Gasteiger partial charge in [0.05, 0.1) is 0 Å². The van der Waals surface area contributed by atoms with Crippen molar-refractivity contribution in [3.63, 3.8) is 0 Å². The Morgan fingerprint density at radius 1 is 1.41 bits per heavy atom. The third-order valence-electron chi connectivity index (χ3n) is 3.80. The summed E-state index contributed by atoms with van der Waals surface area (Å²) in [6.45, 7) is 3.57. The molecule has 1 fully saturated rings. The molecule has 1 aromatic heterocycles. The Bertz CT molecular complexity index is 561. The number of likely N-dealkylation sites (tertiary alicyclic amines) is 1. The van der Waals surface area contributed by atoms with E-state index in [-0.39, 0.29) is 12.5 Å². The molecule has 22 heavy (non-hydrogen) atoms. The Balaban J connectivity index is 2.20. The zero-order valence-corrected chi connectivity index (χ0v) is 12.8. The van der Waals surface area contributed by atoms with Gasteiger partial charge in [0.25, 0.3) is 5.91 Å². The molecule has 0 spiro atoms. The van der Waals surface area contributed by atoms with Crippen LogP contribution in [-0.2, 0) is 18.0 Å². The number of piperidine rings is 1. The van der Waals surface area contributed by atoms with Gasteiger partial charge >= 0.3 is 6.18 Å². The number of hydrogen-bond acceptors (Lipinski definition) is 3. The number of aliphatic hydroxyl groups is 1. The number of amides is 1. The third kappa shape index (κ3) is 3.43. The van der Waals surface area contributed by atoms with E-state index in [2.05, 4.69) is 4.98 Å². The molecule has 5 nitrogen and oxygen atoms in total. The molecule has 0 aromatic carbocycles. The Kier molecular flexibility index (Phi) is 4.25.